The Balaban J connectivity index is -0.000000525. The summed E-state index contributed by atoms with van der Waals surface area (Å²) in [7, 11) is 0. The molecule has 0 heterocycles. The second kappa shape index (κ2) is 20.6. The molecule has 0 unspecified atom stereocenters. The monoisotopic (exact) mass is 660 g/mol. The Morgan fingerprint density at radius 2 is 1.23 bits per heavy atom. The first-order chi connectivity index (χ1) is 15.5. The van der Waals surface area contributed by atoms with E-state index in [0.29, 0.717) is 19.4 Å². The summed E-state index contributed by atoms with van der Waals surface area (Å²) in [6, 6.07) is 9.16. The van der Waals surface area contributed by atoms with Gasteiger partial charge in [-0.15, -0.1) is 0 Å². The van der Waals surface area contributed by atoms with Crippen molar-refractivity contribution >= 4 is 34.3 Å². The van der Waals surface area contributed by atoms with Crippen LogP contribution in [0.1, 0.15) is 45.2 Å². The van der Waals surface area contributed by atoms with Crippen LogP contribution in [-0.4, -0.2) is 43.7 Å². The van der Waals surface area contributed by atoms with Crippen molar-refractivity contribution in [3.8, 4) is 23.0 Å². The van der Waals surface area contributed by atoms with Gasteiger partial charge < -0.3 is 37.6 Å². The predicted molar refractivity (Wildman–Crippen MR) is 137 cm³/mol. The van der Waals surface area contributed by atoms with Crippen LogP contribution in [0.15, 0.2) is 36.4 Å². The zero-order chi connectivity index (χ0) is 25.6. The van der Waals surface area contributed by atoms with E-state index in [4.69, 9.17) is 14.9 Å². The molecule has 2 atom stereocenters. The van der Waals surface area contributed by atoms with Gasteiger partial charge in [0.25, 0.3) is 0 Å². The summed E-state index contributed by atoms with van der Waals surface area (Å²) in [5.41, 5.74) is 1.64. The number of Topliss-reactive ketones (excluding diaryl/α,β-unsaturated/α-hetero) is 1. The number of phenols is 4. The Morgan fingerprint density at radius 3 is 1.57 bits per heavy atom. The first-order valence-electron chi connectivity index (χ1n) is 10.6. The van der Waals surface area contributed by atoms with Crippen LogP contribution in [0.4, 0.5) is 0 Å². The molecule has 0 saturated heterocycles. The van der Waals surface area contributed by atoms with Crippen molar-refractivity contribution in [1.82, 2.24) is 0 Å². The van der Waals surface area contributed by atoms with Crippen LogP contribution in [-0.2, 0) is 45.7 Å². The van der Waals surface area contributed by atoms with E-state index in [9.17, 15) is 19.8 Å². The summed E-state index contributed by atoms with van der Waals surface area (Å²) in [5, 5.41) is 36.8. The molecule has 2 rings (SSSR count). The zero-order valence-electron chi connectivity index (χ0n) is 20.7. The van der Waals surface area contributed by atoms with E-state index in [1.807, 2.05) is 18.8 Å². The molecule has 0 amide bonds. The Labute approximate surface area is 239 Å². The molecule has 0 fully saturated rings. The van der Waals surface area contributed by atoms with Crippen molar-refractivity contribution in [2.75, 3.05) is 11.5 Å². The van der Waals surface area contributed by atoms with Gasteiger partial charge in [0.15, 0.2) is 23.0 Å². The first kappa shape index (κ1) is 37.9. The number of rotatable bonds is 8. The van der Waals surface area contributed by atoms with E-state index in [1.54, 1.807) is 26.0 Å². The second-order valence-electron chi connectivity index (χ2n) is 7.63. The van der Waals surface area contributed by atoms with Gasteiger partial charge in [0.1, 0.15) is 5.78 Å². The van der Waals surface area contributed by atoms with Gasteiger partial charge in [-0.05, 0) is 66.5 Å². The third kappa shape index (κ3) is 15.2. The number of carbonyl (C=O) groups is 2. The molecule has 0 aliphatic heterocycles. The minimum Gasteiger partial charge on any atom is -1.00 e. The number of esters is 1. The SMILES string of the molecule is CC(=O)[C@@H](C)Cc1ccc(O)c(O)c1.CCCOC(=O)[C@@H](C)Cc1ccc(O)c(O)c1.CI.[Cl-].[V]. The van der Waals surface area contributed by atoms with Crippen LogP contribution >= 0.6 is 22.6 Å². The molecule has 4 N–H and O–H groups in total. The number of benzene rings is 2. The molecule has 2 aromatic rings. The summed E-state index contributed by atoms with van der Waals surface area (Å²) >= 11 is 2.15. The number of ketones is 1. The van der Waals surface area contributed by atoms with E-state index in [-0.39, 0.29) is 77.5 Å². The molecular formula is C25H35ClIO7V-. The molecule has 10 heteroatoms. The molecule has 197 valence electrons. The number of hydrogen-bond donors (Lipinski definition) is 4. The minimum atomic E-state index is -0.259. The molecule has 0 aliphatic rings. The van der Waals surface area contributed by atoms with Crippen LogP contribution in [0.25, 0.3) is 0 Å². The van der Waals surface area contributed by atoms with Crippen LogP contribution < -0.4 is 12.4 Å². The number of alkyl halides is 1. The Kier molecular flexibility index (Phi) is 22.3. The Hall–Kier alpha value is -1.62. The fraction of sp³-hybridized carbons (Fsp3) is 0.440. The van der Waals surface area contributed by atoms with E-state index in [1.165, 1.54) is 24.3 Å². The van der Waals surface area contributed by atoms with Gasteiger partial charge in [-0.2, -0.15) is 0 Å². The molecule has 0 aromatic heterocycles. The number of phenolic OH excluding ortho intramolecular Hbond substituents is 4. The van der Waals surface area contributed by atoms with Gasteiger partial charge in [0.05, 0.1) is 12.5 Å². The van der Waals surface area contributed by atoms with Gasteiger partial charge in [0, 0.05) is 24.5 Å². The third-order valence-corrected chi connectivity index (χ3v) is 4.71. The molecule has 0 aliphatic carbocycles. The van der Waals surface area contributed by atoms with Crippen molar-refractivity contribution in [3.63, 3.8) is 0 Å². The standard InChI is InChI=1S/C13H18O4.C11H14O3.CH3I.ClH.V/c1-3-6-17-13(16)9(2)7-10-4-5-11(14)12(15)8-10;1-7(8(2)12)5-9-3-4-10(13)11(14)6-9;1-2;;/h4-5,8-9,14-15H,3,6-7H2,1-2H3;3-4,6-7,13-14H,5H2,1-2H3;1H3;1H;/p-1/t9-;7-;;;/m00.../s1. The molecule has 7 nitrogen and oxygen atoms in total. The molecular weight excluding hydrogens is 626 g/mol. The molecule has 0 spiro atoms. The van der Waals surface area contributed by atoms with Gasteiger partial charge in [0.2, 0.25) is 0 Å². The van der Waals surface area contributed by atoms with Crippen molar-refractivity contribution in [2.45, 2.75) is 47.0 Å². The van der Waals surface area contributed by atoms with E-state index < -0.39 is 0 Å². The summed E-state index contributed by atoms with van der Waals surface area (Å²) in [5.74, 6) is -1.03. The Bertz CT molecular complexity index is 896. The second-order valence-corrected chi connectivity index (χ2v) is 7.63. The summed E-state index contributed by atoms with van der Waals surface area (Å²) in [4.78, 5) is 24.5. The molecule has 1 radical (unpaired) electrons. The van der Waals surface area contributed by atoms with Crippen molar-refractivity contribution in [3.05, 3.63) is 47.5 Å². The number of hydrogen-bond acceptors (Lipinski definition) is 7. The van der Waals surface area contributed by atoms with Gasteiger partial charge in [-0.25, -0.2) is 0 Å². The van der Waals surface area contributed by atoms with E-state index >= 15 is 0 Å². The molecule has 0 bridgehead atoms. The third-order valence-electron chi connectivity index (χ3n) is 4.71. The summed E-state index contributed by atoms with van der Waals surface area (Å²) in [6.45, 7) is 7.54. The first-order valence-corrected chi connectivity index (χ1v) is 12.8. The number of halogens is 2. The quantitative estimate of drug-likeness (QED) is 0.148. The fourth-order valence-corrected chi connectivity index (χ4v) is 2.67. The average molecular weight is 661 g/mol. The Morgan fingerprint density at radius 1 is 0.829 bits per heavy atom. The maximum atomic E-state index is 11.5. The topological polar surface area (TPSA) is 124 Å². The largest absolute Gasteiger partial charge is 1.00 e. The average Bonchev–Trinajstić information content (AvgIpc) is 2.78. The summed E-state index contributed by atoms with van der Waals surface area (Å²) < 4.78 is 5.03. The predicted octanol–water partition coefficient (Wildman–Crippen LogP) is 2.15. The van der Waals surface area contributed by atoms with Crippen molar-refractivity contribution in [2.24, 2.45) is 11.8 Å². The van der Waals surface area contributed by atoms with Crippen LogP contribution in [0.3, 0.4) is 0 Å². The van der Waals surface area contributed by atoms with Gasteiger partial charge in [-0.3, -0.25) is 9.59 Å². The van der Waals surface area contributed by atoms with E-state index in [0.717, 1.165) is 17.5 Å². The maximum absolute atomic E-state index is 11.5. The van der Waals surface area contributed by atoms with Crippen molar-refractivity contribution in [1.29, 1.82) is 0 Å². The minimum absolute atomic E-state index is 0. The number of ether oxygens (including phenoxy) is 1. The van der Waals surface area contributed by atoms with Crippen molar-refractivity contribution < 1.29 is 65.7 Å². The fourth-order valence-electron chi connectivity index (χ4n) is 2.67. The smallest absolute Gasteiger partial charge is 0.308 e. The van der Waals surface area contributed by atoms with Crippen LogP contribution in [0.5, 0.6) is 23.0 Å². The number of aromatic hydroxyl groups is 4. The van der Waals surface area contributed by atoms with E-state index in [2.05, 4.69) is 22.6 Å². The molecule has 35 heavy (non-hydrogen) atoms. The van der Waals surface area contributed by atoms with Crippen LogP contribution in [0.2, 0.25) is 0 Å². The molecule has 0 saturated carbocycles. The van der Waals surface area contributed by atoms with Gasteiger partial charge >= 0.3 is 5.97 Å². The normalized spacial score (nSPS) is 11.0. The zero-order valence-corrected chi connectivity index (χ0v) is 25.0. The maximum Gasteiger partial charge on any atom is 0.308 e. The molecule has 2 aromatic carbocycles. The van der Waals surface area contributed by atoms with Gasteiger partial charge in [-0.1, -0.05) is 55.5 Å². The summed E-state index contributed by atoms with van der Waals surface area (Å²) in [6.07, 6.45) is 1.87. The van der Waals surface area contributed by atoms with Crippen LogP contribution in [0, 0.1) is 11.8 Å². The number of carbonyl (C=O) groups excluding carboxylic acids is 2.